The fourth-order valence-corrected chi connectivity index (χ4v) is 2.02. The Kier molecular flexibility index (Phi) is 4.11. The van der Waals surface area contributed by atoms with Crippen LogP contribution in [-0.2, 0) is 0 Å². The largest absolute Gasteiger partial charge is 0.454 e. The van der Waals surface area contributed by atoms with E-state index in [0.29, 0.717) is 32.9 Å². The summed E-state index contributed by atoms with van der Waals surface area (Å²) in [5, 5.41) is 11.2. The Morgan fingerprint density at radius 2 is 1.60 bits per heavy atom. The minimum Gasteiger partial charge on any atom is -0.454 e. The van der Waals surface area contributed by atoms with Crippen LogP contribution in [0.2, 0.25) is 10.0 Å². The third kappa shape index (κ3) is 2.84. The molecular formula is C13H10Cl2N2O3. The molecule has 0 atom stereocenters. The second-order valence-electron chi connectivity index (χ2n) is 4.09. The molecule has 0 aliphatic carbocycles. The number of aromatic nitrogens is 1. The lowest BCUT2D eigenvalue weighted by molar-refractivity contribution is -0.384. The van der Waals surface area contributed by atoms with Crippen LogP contribution in [0.25, 0.3) is 0 Å². The average Bonchev–Trinajstić information content (AvgIpc) is 2.42. The minimum absolute atomic E-state index is 0.0170. The zero-order valence-electron chi connectivity index (χ0n) is 10.7. The van der Waals surface area contributed by atoms with E-state index in [0.717, 1.165) is 0 Å². The van der Waals surface area contributed by atoms with Crippen molar-refractivity contribution in [3.8, 4) is 11.5 Å². The van der Waals surface area contributed by atoms with Crippen LogP contribution in [0.1, 0.15) is 11.4 Å². The summed E-state index contributed by atoms with van der Waals surface area (Å²) in [7, 11) is 0. The Morgan fingerprint density at radius 1 is 1.10 bits per heavy atom. The van der Waals surface area contributed by atoms with Crippen LogP contribution in [0, 0.1) is 24.0 Å². The van der Waals surface area contributed by atoms with Crippen LogP contribution in [0.5, 0.6) is 11.5 Å². The summed E-state index contributed by atoms with van der Waals surface area (Å²) in [4.78, 5) is 14.3. The number of ether oxygens (including phenoxy) is 1. The second kappa shape index (κ2) is 5.64. The zero-order valence-corrected chi connectivity index (χ0v) is 12.2. The van der Waals surface area contributed by atoms with Crippen molar-refractivity contribution in [1.29, 1.82) is 0 Å². The van der Waals surface area contributed by atoms with Crippen LogP contribution in [0.3, 0.4) is 0 Å². The topological polar surface area (TPSA) is 65.3 Å². The summed E-state index contributed by atoms with van der Waals surface area (Å²) in [6.07, 6.45) is 0. The van der Waals surface area contributed by atoms with Crippen molar-refractivity contribution in [1.82, 2.24) is 4.98 Å². The maximum Gasteiger partial charge on any atom is 0.269 e. The first-order valence-corrected chi connectivity index (χ1v) is 6.40. The van der Waals surface area contributed by atoms with Gasteiger partial charge in [0, 0.05) is 12.1 Å². The third-order valence-electron chi connectivity index (χ3n) is 2.64. The number of hydrogen-bond donors (Lipinski definition) is 0. The van der Waals surface area contributed by atoms with E-state index in [9.17, 15) is 10.1 Å². The van der Waals surface area contributed by atoms with Gasteiger partial charge in [-0.2, -0.15) is 0 Å². The summed E-state index contributed by atoms with van der Waals surface area (Å²) in [5.41, 5.74) is 1.19. The lowest BCUT2D eigenvalue weighted by Crippen LogP contribution is -1.95. The second-order valence-corrected chi connectivity index (χ2v) is 4.85. The van der Waals surface area contributed by atoms with Crippen LogP contribution in [0.4, 0.5) is 5.69 Å². The fourth-order valence-electron chi connectivity index (χ4n) is 1.62. The Balaban J connectivity index is 2.37. The molecule has 0 N–H and O–H groups in total. The number of nitrogens with zero attached hydrogens (tertiary/aromatic N) is 2. The number of nitro groups is 1. The summed E-state index contributed by atoms with van der Waals surface area (Å²) in [6.45, 7) is 3.49. The number of aryl methyl sites for hydroxylation is 2. The van der Waals surface area contributed by atoms with Gasteiger partial charge in [0.2, 0.25) is 0 Å². The smallest absolute Gasteiger partial charge is 0.269 e. The molecule has 0 aliphatic heterocycles. The quantitative estimate of drug-likeness (QED) is 0.608. The molecule has 2 aromatic rings. The predicted octanol–water partition coefficient (Wildman–Crippen LogP) is 4.71. The number of hydrogen-bond acceptors (Lipinski definition) is 4. The van der Waals surface area contributed by atoms with Gasteiger partial charge in [0.05, 0.1) is 16.3 Å². The van der Waals surface area contributed by atoms with Gasteiger partial charge in [0.25, 0.3) is 5.69 Å². The summed E-state index contributed by atoms with van der Waals surface area (Å²) < 4.78 is 5.61. The van der Waals surface area contributed by atoms with E-state index >= 15 is 0 Å². The first-order chi connectivity index (χ1) is 9.40. The van der Waals surface area contributed by atoms with E-state index in [-0.39, 0.29) is 5.69 Å². The molecule has 2 rings (SSSR count). The SMILES string of the molecule is Cc1nc(C)c(Cl)c(Oc2ccc([N+](=O)[O-])cc2)c1Cl. The molecule has 1 heterocycles. The molecule has 0 spiro atoms. The van der Waals surface area contributed by atoms with Gasteiger partial charge in [0.15, 0.2) is 5.75 Å². The monoisotopic (exact) mass is 312 g/mol. The number of benzene rings is 1. The van der Waals surface area contributed by atoms with Gasteiger partial charge in [-0.1, -0.05) is 23.2 Å². The number of pyridine rings is 1. The highest BCUT2D eigenvalue weighted by Gasteiger charge is 2.15. The number of rotatable bonds is 3. The highest BCUT2D eigenvalue weighted by atomic mass is 35.5. The van der Waals surface area contributed by atoms with Crippen LogP contribution < -0.4 is 4.74 Å². The van der Waals surface area contributed by atoms with Gasteiger partial charge in [-0.15, -0.1) is 0 Å². The molecule has 104 valence electrons. The van der Waals surface area contributed by atoms with Crippen molar-refractivity contribution in [3.63, 3.8) is 0 Å². The van der Waals surface area contributed by atoms with E-state index in [1.54, 1.807) is 13.8 Å². The van der Waals surface area contributed by atoms with Gasteiger partial charge in [-0.05, 0) is 26.0 Å². The first-order valence-electron chi connectivity index (χ1n) is 5.64. The van der Waals surface area contributed by atoms with Crippen molar-refractivity contribution in [2.75, 3.05) is 0 Å². The van der Waals surface area contributed by atoms with Crippen molar-refractivity contribution >= 4 is 28.9 Å². The van der Waals surface area contributed by atoms with Crippen molar-refractivity contribution in [3.05, 3.63) is 55.8 Å². The van der Waals surface area contributed by atoms with E-state index in [1.807, 2.05) is 0 Å². The Labute approximate surface area is 125 Å². The maximum absolute atomic E-state index is 10.6. The molecule has 0 radical (unpaired) electrons. The number of non-ortho nitro benzene ring substituents is 1. The number of halogens is 2. The van der Waals surface area contributed by atoms with Gasteiger partial charge in [-0.25, -0.2) is 0 Å². The third-order valence-corrected chi connectivity index (χ3v) is 3.53. The molecule has 1 aromatic heterocycles. The lowest BCUT2D eigenvalue weighted by Gasteiger charge is -2.12. The highest BCUT2D eigenvalue weighted by molar-refractivity contribution is 6.37. The predicted molar refractivity (Wildman–Crippen MR) is 76.9 cm³/mol. The van der Waals surface area contributed by atoms with E-state index in [2.05, 4.69) is 4.98 Å². The van der Waals surface area contributed by atoms with Crippen molar-refractivity contribution < 1.29 is 9.66 Å². The molecule has 0 amide bonds. The summed E-state index contributed by atoms with van der Waals surface area (Å²) in [6, 6.07) is 5.65. The summed E-state index contributed by atoms with van der Waals surface area (Å²) in [5.74, 6) is 0.705. The van der Waals surface area contributed by atoms with Crippen molar-refractivity contribution in [2.24, 2.45) is 0 Å². The van der Waals surface area contributed by atoms with E-state index < -0.39 is 4.92 Å². The van der Waals surface area contributed by atoms with Gasteiger partial charge < -0.3 is 4.74 Å². The first kappa shape index (κ1) is 14.6. The molecule has 0 unspecified atom stereocenters. The lowest BCUT2D eigenvalue weighted by atomic mass is 10.3. The van der Waals surface area contributed by atoms with Gasteiger partial charge >= 0.3 is 0 Å². The standard InChI is InChI=1S/C13H10Cl2N2O3/c1-7-11(14)13(12(15)8(2)16-7)20-10-5-3-9(4-6-10)17(18)19/h3-6H,1-2H3. The van der Waals surface area contributed by atoms with E-state index in [1.165, 1.54) is 24.3 Å². The molecule has 7 heteroatoms. The Hall–Kier alpha value is -1.85. The fraction of sp³-hybridized carbons (Fsp3) is 0.154. The molecule has 0 fully saturated rings. The molecule has 0 aliphatic rings. The van der Waals surface area contributed by atoms with Crippen LogP contribution in [-0.4, -0.2) is 9.91 Å². The van der Waals surface area contributed by atoms with E-state index in [4.69, 9.17) is 27.9 Å². The molecule has 0 saturated heterocycles. The molecule has 0 saturated carbocycles. The van der Waals surface area contributed by atoms with Gasteiger partial charge in [0.1, 0.15) is 15.8 Å². The molecule has 1 aromatic carbocycles. The molecule has 0 bridgehead atoms. The Morgan fingerprint density at radius 3 is 2.05 bits per heavy atom. The Bertz CT molecular complexity index is 646. The average molecular weight is 313 g/mol. The van der Waals surface area contributed by atoms with Crippen LogP contribution in [0.15, 0.2) is 24.3 Å². The normalized spacial score (nSPS) is 10.4. The van der Waals surface area contributed by atoms with Gasteiger partial charge in [-0.3, -0.25) is 15.1 Å². The van der Waals surface area contributed by atoms with Crippen molar-refractivity contribution in [2.45, 2.75) is 13.8 Å². The molecule has 20 heavy (non-hydrogen) atoms. The summed E-state index contributed by atoms with van der Waals surface area (Å²) >= 11 is 12.2. The zero-order chi connectivity index (χ0) is 14.9. The molecule has 5 nitrogen and oxygen atoms in total. The van der Waals surface area contributed by atoms with Crippen LogP contribution >= 0.6 is 23.2 Å². The molecular weight excluding hydrogens is 303 g/mol. The minimum atomic E-state index is -0.482. The number of nitro benzene ring substituents is 1. The maximum atomic E-state index is 10.6. The highest BCUT2D eigenvalue weighted by Crippen LogP contribution is 2.39.